The Bertz CT molecular complexity index is 761. The van der Waals surface area contributed by atoms with Gasteiger partial charge in [-0.2, -0.15) is 0 Å². The molecule has 2 fully saturated rings. The van der Waals surface area contributed by atoms with Crippen LogP contribution in [0.25, 0.3) is 5.70 Å². The van der Waals surface area contributed by atoms with Crippen LogP contribution in [0.1, 0.15) is 58.4 Å². The van der Waals surface area contributed by atoms with E-state index in [-0.39, 0.29) is 31.0 Å². The highest BCUT2D eigenvalue weighted by Crippen LogP contribution is 2.36. The summed E-state index contributed by atoms with van der Waals surface area (Å²) in [6.07, 6.45) is 6.32. The first kappa shape index (κ1) is 26.8. The van der Waals surface area contributed by atoms with Crippen LogP contribution in [-0.4, -0.2) is 53.3 Å². The van der Waals surface area contributed by atoms with Gasteiger partial charge in [-0.1, -0.05) is 0 Å². The average molecular weight is 470 g/mol. The first-order chi connectivity index (χ1) is 15.5. The second-order valence-corrected chi connectivity index (χ2v) is 9.48. The molecule has 33 heavy (non-hydrogen) atoms. The number of aromatic nitrogens is 1. The molecule has 186 valence electrons. The van der Waals surface area contributed by atoms with Gasteiger partial charge in [-0.05, 0) is 58.1 Å². The highest BCUT2D eigenvalue weighted by molar-refractivity contribution is 5.68. The summed E-state index contributed by atoms with van der Waals surface area (Å²) in [5, 5.41) is 0. The van der Waals surface area contributed by atoms with Gasteiger partial charge in [-0.3, -0.25) is 10.8 Å². The van der Waals surface area contributed by atoms with Crippen LogP contribution in [0.3, 0.4) is 0 Å². The second-order valence-electron chi connectivity index (χ2n) is 9.48. The Hall–Kier alpha value is -2.46. The number of carbonyl (C=O) groups excluding carboxylic acids is 1. The number of rotatable bonds is 5. The Labute approximate surface area is 194 Å². The highest BCUT2D eigenvalue weighted by Gasteiger charge is 2.36. The molecule has 1 amide bonds. The Morgan fingerprint density at radius 2 is 2.03 bits per heavy atom. The molecule has 1 saturated heterocycles. The van der Waals surface area contributed by atoms with E-state index in [9.17, 15) is 13.6 Å². The standard InChI is InChI=1S/C16H27F2NO3.C7H10N4/c1-15(2,3)22-14(20)19-9-6-13(10-19)21-11-12-4-7-16(17,18)8-5-12;8-7(5-11-9)6-2-1-3-10-4-6/h12-13H,4-11H2,1-3H3;1-5,11H,8-9H2/b;7-5-. The van der Waals surface area contributed by atoms with Gasteiger partial charge in [0.05, 0.1) is 18.3 Å². The number of carbonyl (C=O) groups is 1. The number of halogens is 2. The third kappa shape index (κ3) is 9.91. The number of hydrogen-bond acceptors (Lipinski definition) is 7. The summed E-state index contributed by atoms with van der Waals surface area (Å²) < 4.78 is 37.4. The molecule has 0 radical (unpaired) electrons. The van der Waals surface area contributed by atoms with Gasteiger partial charge in [0.25, 0.3) is 0 Å². The van der Waals surface area contributed by atoms with Gasteiger partial charge in [0.15, 0.2) is 0 Å². The number of likely N-dealkylation sites (tertiary alicyclic amines) is 1. The van der Waals surface area contributed by atoms with Gasteiger partial charge in [0.1, 0.15) is 5.60 Å². The van der Waals surface area contributed by atoms with Gasteiger partial charge < -0.3 is 25.5 Å². The molecule has 1 aliphatic carbocycles. The van der Waals surface area contributed by atoms with E-state index >= 15 is 0 Å². The van der Waals surface area contributed by atoms with Crippen molar-refractivity contribution in [1.82, 2.24) is 15.3 Å². The summed E-state index contributed by atoms with van der Waals surface area (Å²) in [5.41, 5.74) is 8.86. The van der Waals surface area contributed by atoms with E-state index in [4.69, 9.17) is 21.1 Å². The molecule has 3 rings (SSSR count). The minimum Gasteiger partial charge on any atom is -0.444 e. The molecule has 1 atom stereocenters. The lowest BCUT2D eigenvalue weighted by molar-refractivity contribution is -0.0618. The molecular formula is C23H37F2N5O3. The lowest BCUT2D eigenvalue weighted by Crippen LogP contribution is -2.36. The van der Waals surface area contributed by atoms with E-state index in [0.717, 1.165) is 12.0 Å². The number of pyridine rings is 1. The van der Waals surface area contributed by atoms with Crippen molar-refractivity contribution >= 4 is 11.8 Å². The fourth-order valence-corrected chi connectivity index (χ4v) is 3.60. The fraction of sp³-hybridized carbons (Fsp3) is 0.652. The lowest BCUT2D eigenvalue weighted by atomic mass is 9.87. The minimum atomic E-state index is -2.49. The summed E-state index contributed by atoms with van der Waals surface area (Å²) in [6.45, 7) is 7.19. The van der Waals surface area contributed by atoms with Crippen molar-refractivity contribution in [2.45, 2.75) is 70.5 Å². The van der Waals surface area contributed by atoms with Crippen LogP contribution in [0.2, 0.25) is 0 Å². The molecule has 0 aromatic carbocycles. The van der Waals surface area contributed by atoms with Gasteiger partial charge >= 0.3 is 6.09 Å². The topological polar surface area (TPSA) is 116 Å². The maximum atomic E-state index is 13.1. The monoisotopic (exact) mass is 469 g/mol. The first-order valence-electron chi connectivity index (χ1n) is 11.3. The molecule has 2 aliphatic rings. The molecule has 1 saturated carbocycles. The van der Waals surface area contributed by atoms with Crippen LogP contribution < -0.4 is 17.0 Å². The zero-order valence-corrected chi connectivity index (χ0v) is 19.7. The molecule has 1 aliphatic heterocycles. The maximum absolute atomic E-state index is 13.1. The Morgan fingerprint density at radius 1 is 1.33 bits per heavy atom. The summed E-state index contributed by atoms with van der Waals surface area (Å²) in [7, 11) is 0. The molecule has 1 aromatic rings. The summed E-state index contributed by atoms with van der Waals surface area (Å²) >= 11 is 0. The lowest BCUT2D eigenvalue weighted by Gasteiger charge is -2.29. The second kappa shape index (κ2) is 12.1. The summed E-state index contributed by atoms with van der Waals surface area (Å²) in [6, 6.07) is 3.67. The Kier molecular flexibility index (Phi) is 9.85. The Balaban J connectivity index is 0.000000294. The quantitative estimate of drug-likeness (QED) is 0.445. The summed E-state index contributed by atoms with van der Waals surface area (Å²) in [4.78, 5) is 17.5. The van der Waals surface area contributed by atoms with Crippen molar-refractivity contribution in [3.63, 3.8) is 0 Å². The van der Waals surface area contributed by atoms with Crippen LogP contribution in [0.5, 0.6) is 0 Å². The fourth-order valence-electron chi connectivity index (χ4n) is 3.60. The maximum Gasteiger partial charge on any atom is 0.410 e. The minimum absolute atomic E-state index is 0.00467. The van der Waals surface area contributed by atoms with Crippen molar-refractivity contribution in [3.8, 4) is 0 Å². The summed E-state index contributed by atoms with van der Waals surface area (Å²) in [5.74, 6) is 2.77. The van der Waals surface area contributed by atoms with Crippen LogP contribution in [0, 0.1) is 5.92 Å². The van der Waals surface area contributed by atoms with Crippen molar-refractivity contribution < 1.29 is 23.0 Å². The number of hydrazine groups is 1. The van der Waals surface area contributed by atoms with E-state index < -0.39 is 11.5 Å². The molecule has 0 bridgehead atoms. The van der Waals surface area contributed by atoms with Crippen molar-refractivity contribution in [1.29, 1.82) is 0 Å². The van der Waals surface area contributed by atoms with Crippen LogP contribution in [0.4, 0.5) is 13.6 Å². The smallest absolute Gasteiger partial charge is 0.410 e. The zero-order chi connectivity index (χ0) is 24.5. The third-order valence-corrected chi connectivity index (χ3v) is 5.43. The molecule has 0 spiro atoms. The van der Waals surface area contributed by atoms with E-state index in [1.54, 1.807) is 17.3 Å². The molecular weight excluding hydrogens is 432 g/mol. The molecule has 2 heterocycles. The highest BCUT2D eigenvalue weighted by atomic mass is 19.3. The number of hydrogen-bond donors (Lipinski definition) is 3. The first-order valence-corrected chi connectivity index (χ1v) is 11.3. The van der Waals surface area contributed by atoms with E-state index in [1.165, 1.54) is 6.20 Å². The van der Waals surface area contributed by atoms with Gasteiger partial charge in [-0.15, -0.1) is 0 Å². The molecule has 10 heteroatoms. The number of nitrogens with zero attached hydrogens (tertiary/aromatic N) is 2. The Morgan fingerprint density at radius 3 is 2.61 bits per heavy atom. The van der Waals surface area contributed by atoms with Crippen molar-refractivity contribution in [3.05, 3.63) is 36.3 Å². The SMILES string of the molecule is CC(C)(C)OC(=O)N1CCC(OCC2CCC(F)(F)CC2)C1.NN/C=C(\N)c1cccnc1. The predicted molar refractivity (Wildman–Crippen MR) is 123 cm³/mol. The van der Waals surface area contributed by atoms with E-state index in [1.807, 2.05) is 32.9 Å². The third-order valence-electron chi connectivity index (χ3n) is 5.43. The molecule has 8 nitrogen and oxygen atoms in total. The van der Waals surface area contributed by atoms with Gasteiger partial charge in [0.2, 0.25) is 5.92 Å². The van der Waals surface area contributed by atoms with Crippen LogP contribution >= 0.6 is 0 Å². The van der Waals surface area contributed by atoms with Crippen LogP contribution in [-0.2, 0) is 9.47 Å². The van der Waals surface area contributed by atoms with E-state index in [2.05, 4.69) is 10.4 Å². The van der Waals surface area contributed by atoms with Crippen molar-refractivity contribution in [2.75, 3.05) is 19.7 Å². The van der Waals surface area contributed by atoms with Gasteiger partial charge in [-0.25, -0.2) is 13.6 Å². The van der Waals surface area contributed by atoms with Crippen LogP contribution in [0.15, 0.2) is 30.7 Å². The number of amides is 1. The number of alkyl halides is 2. The van der Waals surface area contributed by atoms with E-state index in [0.29, 0.717) is 38.2 Å². The van der Waals surface area contributed by atoms with Crippen molar-refractivity contribution in [2.24, 2.45) is 17.5 Å². The average Bonchev–Trinajstić information content (AvgIpc) is 3.22. The number of nitrogens with two attached hydrogens (primary N) is 2. The largest absolute Gasteiger partial charge is 0.444 e. The number of nitrogens with one attached hydrogen (secondary N) is 1. The zero-order valence-electron chi connectivity index (χ0n) is 19.7. The molecule has 1 aromatic heterocycles. The van der Waals surface area contributed by atoms with Gasteiger partial charge in [0, 0.05) is 50.2 Å². The normalized spacial score (nSPS) is 21.2. The molecule has 1 unspecified atom stereocenters. The predicted octanol–water partition coefficient (Wildman–Crippen LogP) is 3.64. The molecule has 5 N–H and O–H groups in total. The number of ether oxygens (including phenoxy) is 2.